The number of fused-ring (bicyclic) bond motifs is 3. The van der Waals surface area contributed by atoms with Gasteiger partial charge < -0.3 is 5.32 Å². The number of nitrogens with zero attached hydrogens (tertiary/aromatic N) is 4. The average Bonchev–Trinajstić information content (AvgIpc) is 3.20. The number of pyridine rings is 2. The minimum Gasteiger partial charge on any atom is -0.367 e. The number of hydrogen-bond acceptors (Lipinski definition) is 4. The second-order valence-electron chi connectivity index (χ2n) is 8.08. The third-order valence-electron chi connectivity index (χ3n) is 5.92. The van der Waals surface area contributed by atoms with Crippen LogP contribution in [0.5, 0.6) is 0 Å². The lowest BCUT2D eigenvalue weighted by Crippen LogP contribution is -2.11. The van der Waals surface area contributed by atoms with Gasteiger partial charge in [0.05, 0.1) is 16.6 Å². The highest BCUT2D eigenvalue weighted by atomic mass is 15.1. The fraction of sp³-hybridized carbons (Fsp3) is 0.148. The number of imidazole rings is 1. The summed E-state index contributed by atoms with van der Waals surface area (Å²) in [6.07, 6.45) is 4.37. The molecule has 3 aromatic heterocycles. The molecule has 5 nitrogen and oxygen atoms in total. The van der Waals surface area contributed by atoms with Gasteiger partial charge in [-0.25, -0.2) is 4.98 Å². The second-order valence-corrected chi connectivity index (χ2v) is 8.08. The molecule has 0 spiro atoms. The Kier molecular flexibility index (Phi) is 5.04. The highest BCUT2D eigenvalue weighted by molar-refractivity contribution is 5.86. The van der Waals surface area contributed by atoms with Gasteiger partial charge in [-0.3, -0.25) is 9.38 Å². The standard InChI is InChI=1S/C27H23N5/c1-18-9-11-20(12-10-18)14-22-19(2)23(15-28)27-31-24-7-3-4-8-25(24)32(27)26(22)30-17-21-6-5-13-29-16-21/h3-13,16,30H,14,17H2,1-2H3. The summed E-state index contributed by atoms with van der Waals surface area (Å²) in [6.45, 7) is 4.74. The molecule has 156 valence electrons. The van der Waals surface area contributed by atoms with Crippen LogP contribution in [0.2, 0.25) is 0 Å². The molecule has 1 N–H and O–H groups in total. The zero-order chi connectivity index (χ0) is 22.1. The minimum atomic E-state index is 0.621. The molecule has 0 amide bonds. The van der Waals surface area contributed by atoms with Crippen molar-refractivity contribution in [2.75, 3.05) is 5.32 Å². The predicted octanol–water partition coefficient (Wildman–Crippen LogP) is 5.57. The summed E-state index contributed by atoms with van der Waals surface area (Å²) in [5.41, 5.74) is 8.76. The van der Waals surface area contributed by atoms with Gasteiger partial charge in [0.2, 0.25) is 0 Å². The van der Waals surface area contributed by atoms with Crippen LogP contribution in [0.25, 0.3) is 16.7 Å². The first kappa shape index (κ1) is 19.8. The minimum absolute atomic E-state index is 0.621. The van der Waals surface area contributed by atoms with E-state index < -0.39 is 0 Å². The zero-order valence-corrected chi connectivity index (χ0v) is 18.1. The summed E-state index contributed by atoms with van der Waals surface area (Å²) in [6, 6.07) is 23.0. The van der Waals surface area contributed by atoms with Crippen LogP contribution in [0.3, 0.4) is 0 Å². The molecule has 0 aliphatic rings. The van der Waals surface area contributed by atoms with E-state index in [0.29, 0.717) is 17.8 Å². The Balaban J connectivity index is 1.75. The Morgan fingerprint density at radius 3 is 2.53 bits per heavy atom. The molecular formula is C27H23N5. The SMILES string of the molecule is Cc1ccc(Cc2c(C)c(C#N)c3nc4ccccc4n3c2NCc2cccnc2)cc1. The first-order valence-corrected chi connectivity index (χ1v) is 10.7. The van der Waals surface area contributed by atoms with Crippen molar-refractivity contribution in [3.05, 3.63) is 106 Å². The van der Waals surface area contributed by atoms with E-state index in [1.807, 2.05) is 37.4 Å². The number of hydrogen-bond donors (Lipinski definition) is 1. The maximum atomic E-state index is 10.0. The molecule has 0 radical (unpaired) electrons. The largest absolute Gasteiger partial charge is 0.367 e. The molecule has 0 aliphatic heterocycles. The molecule has 0 aliphatic carbocycles. The van der Waals surface area contributed by atoms with E-state index >= 15 is 0 Å². The van der Waals surface area contributed by atoms with Gasteiger partial charge in [-0.2, -0.15) is 5.26 Å². The van der Waals surface area contributed by atoms with Crippen molar-refractivity contribution in [3.63, 3.8) is 0 Å². The van der Waals surface area contributed by atoms with Crippen molar-refractivity contribution in [1.82, 2.24) is 14.4 Å². The van der Waals surface area contributed by atoms with E-state index in [1.165, 1.54) is 11.1 Å². The van der Waals surface area contributed by atoms with Crippen LogP contribution in [-0.2, 0) is 13.0 Å². The Morgan fingerprint density at radius 2 is 1.78 bits per heavy atom. The van der Waals surface area contributed by atoms with Gasteiger partial charge in [-0.05, 0) is 48.7 Å². The van der Waals surface area contributed by atoms with Crippen molar-refractivity contribution >= 4 is 22.5 Å². The van der Waals surface area contributed by atoms with Gasteiger partial charge >= 0.3 is 0 Å². The van der Waals surface area contributed by atoms with Crippen molar-refractivity contribution in [2.24, 2.45) is 0 Å². The summed E-state index contributed by atoms with van der Waals surface area (Å²) in [5, 5.41) is 13.7. The van der Waals surface area contributed by atoms with Crippen LogP contribution >= 0.6 is 0 Å². The first-order chi connectivity index (χ1) is 15.7. The van der Waals surface area contributed by atoms with Crippen LogP contribution in [-0.4, -0.2) is 14.4 Å². The fourth-order valence-electron chi connectivity index (χ4n) is 4.19. The van der Waals surface area contributed by atoms with Gasteiger partial charge in [0.15, 0.2) is 5.65 Å². The molecule has 5 rings (SSSR count). The van der Waals surface area contributed by atoms with E-state index in [9.17, 15) is 5.26 Å². The highest BCUT2D eigenvalue weighted by Gasteiger charge is 2.21. The van der Waals surface area contributed by atoms with E-state index in [1.54, 1.807) is 6.20 Å². The molecular weight excluding hydrogens is 394 g/mol. The van der Waals surface area contributed by atoms with Crippen molar-refractivity contribution < 1.29 is 0 Å². The van der Waals surface area contributed by atoms with Crippen LogP contribution in [0.4, 0.5) is 5.82 Å². The molecule has 5 heteroatoms. The summed E-state index contributed by atoms with van der Waals surface area (Å²) >= 11 is 0. The van der Waals surface area contributed by atoms with Crippen molar-refractivity contribution in [2.45, 2.75) is 26.8 Å². The summed E-state index contributed by atoms with van der Waals surface area (Å²) in [5.74, 6) is 0.967. The normalized spacial score (nSPS) is 11.0. The molecule has 0 bridgehead atoms. The van der Waals surface area contributed by atoms with E-state index in [4.69, 9.17) is 4.98 Å². The number of aryl methyl sites for hydroxylation is 1. The molecule has 0 fully saturated rings. The quantitative estimate of drug-likeness (QED) is 0.406. The summed E-state index contributed by atoms with van der Waals surface area (Å²) in [4.78, 5) is 9.05. The first-order valence-electron chi connectivity index (χ1n) is 10.7. The highest BCUT2D eigenvalue weighted by Crippen LogP contribution is 2.32. The lowest BCUT2D eigenvalue weighted by atomic mass is 9.97. The molecule has 0 atom stereocenters. The lowest BCUT2D eigenvalue weighted by Gasteiger charge is -2.19. The van der Waals surface area contributed by atoms with E-state index in [0.717, 1.165) is 40.0 Å². The van der Waals surface area contributed by atoms with Crippen LogP contribution < -0.4 is 5.32 Å². The molecule has 0 saturated carbocycles. The number of para-hydroxylation sites is 2. The Bertz CT molecular complexity index is 1460. The number of rotatable bonds is 5. The number of anilines is 1. The Morgan fingerprint density at radius 1 is 0.969 bits per heavy atom. The second kappa shape index (κ2) is 8.16. The number of nitrogens with one attached hydrogen (secondary N) is 1. The maximum Gasteiger partial charge on any atom is 0.157 e. The van der Waals surface area contributed by atoms with Gasteiger partial charge in [0, 0.05) is 30.9 Å². The van der Waals surface area contributed by atoms with E-state index in [2.05, 4.69) is 64.1 Å². The number of aromatic nitrogens is 3. The molecule has 32 heavy (non-hydrogen) atoms. The van der Waals surface area contributed by atoms with Gasteiger partial charge in [0.1, 0.15) is 11.9 Å². The van der Waals surface area contributed by atoms with Crippen molar-refractivity contribution in [3.8, 4) is 6.07 Å². The lowest BCUT2D eigenvalue weighted by molar-refractivity contribution is 1.02. The smallest absolute Gasteiger partial charge is 0.157 e. The molecule has 0 saturated heterocycles. The summed E-state index contributed by atoms with van der Waals surface area (Å²) in [7, 11) is 0. The van der Waals surface area contributed by atoms with Crippen LogP contribution in [0, 0.1) is 25.2 Å². The number of benzene rings is 2. The predicted molar refractivity (Wildman–Crippen MR) is 128 cm³/mol. The Hall–Kier alpha value is -4.17. The average molecular weight is 418 g/mol. The molecule has 2 aromatic carbocycles. The Labute approximate surface area is 187 Å². The topological polar surface area (TPSA) is 66.0 Å². The number of nitriles is 1. The van der Waals surface area contributed by atoms with Gasteiger partial charge in [0.25, 0.3) is 0 Å². The third-order valence-corrected chi connectivity index (χ3v) is 5.92. The van der Waals surface area contributed by atoms with Crippen molar-refractivity contribution in [1.29, 1.82) is 5.26 Å². The van der Waals surface area contributed by atoms with Crippen LogP contribution in [0.1, 0.15) is 33.4 Å². The third kappa shape index (κ3) is 3.46. The molecule has 5 aromatic rings. The van der Waals surface area contributed by atoms with Gasteiger partial charge in [-0.1, -0.05) is 48.0 Å². The summed E-state index contributed by atoms with van der Waals surface area (Å²) < 4.78 is 2.10. The molecule has 3 heterocycles. The zero-order valence-electron chi connectivity index (χ0n) is 18.1. The van der Waals surface area contributed by atoms with Gasteiger partial charge in [-0.15, -0.1) is 0 Å². The fourth-order valence-corrected chi connectivity index (χ4v) is 4.19. The monoisotopic (exact) mass is 417 g/mol. The van der Waals surface area contributed by atoms with E-state index in [-0.39, 0.29) is 0 Å². The molecule has 0 unspecified atom stereocenters. The maximum absolute atomic E-state index is 10.0. The van der Waals surface area contributed by atoms with Crippen LogP contribution in [0.15, 0.2) is 73.1 Å².